The molecule has 10 nitrogen and oxygen atoms in total. The van der Waals surface area contributed by atoms with Gasteiger partial charge in [-0.15, -0.1) is 0 Å². The first-order chi connectivity index (χ1) is 13.7. The van der Waals surface area contributed by atoms with Gasteiger partial charge in [0, 0.05) is 19.6 Å². The van der Waals surface area contributed by atoms with E-state index in [0.717, 1.165) is 29.7 Å². The Morgan fingerprint density at radius 3 is 2.86 bits per heavy atom. The van der Waals surface area contributed by atoms with E-state index in [1.54, 1.807) is 7.05 Å². The number of benzene rings is 1. The number of hydrogen-bond donors (Lipinski definition) is 5. The minimum absolute atomic E-state index is 0.0198. The lowest BCUT2D eigenvalue weighted by Crippen LogP contribution is -2.24. The number of rotatable bonds is 8. The topological polar surface area (TPSA) is 129 Å². The molecule has 1 aromatic carbocycles. The largest absolute Gasteiger partial charge is 0.491 e. The SMILES string of the molecule is CNc1nc(Nc2nc3ccc(OCCO)cc3s2)nc(N[C@@H]2CCNC2)n1. The lowest BCUT2D eigenvalue weighted by atomic mass is 10.3. The molecule has 3 heterocycles. The molecule has 0 bridgehead atoms. The molecule has 1 saturated heterocycles. The highest BCUT2D eigenvalue weighted by Crippen LogP contribution is 2.30. The second kappa shape index (κ2) is 8.50. The number of thiazole rings is 1. The third kappa shape index (κ3) is 4.38. The van der Waals surface area contributed by atoms with Gasteiger partial charge in [0.1, 0.15) is 12.4 Å². The third-order valence-electron chi connectivity index (χ3n) is 4.19. The Labute approximate surface area is 165 Å². The van der Waals surface area contributed by atoms with E-state index in [0.29, 0.717) is 34.8 Å². The van der Waals surface area contributed by atoms with Crippen LogP contribution in [0.3, 0.4) is 0 Å². The van der Waals surface area contributed by atoms with Crippen LogP contribution < -0.4 is 26.0 Å². The summed E-state index contributed by atoms with van der Waals surface area (Å²) >= 11 is 1.48. The molecule has 1 aliphatic rings. The third-order valence-corrected chi connectivity index (χ3v) is 5.12. The minimum Gasteiger partial charge on any atom is -0.491 e. The van der Waals surface area contributed by atoms with E-state index in [1.807, 2.05) is 18.2 Å². The molecule has 11 heteroatoms. The molecule has 1 fully saturated rings. The van der Waals surface area contributed by atoms with Crippen LogP contribution >= 0.6 is 11.3 Å². The lowest BCUT2D eigenvalue weighted by Gasteiger charge is -2.12. The fourth-order valence-electron chi connectivity index (χ4n) is 2.88. The van der Waals surface area contributed by atoms with Gasteiger partial charge in [0.15, 0.2) is 5.13 Å². The number of fused-ring (bicyclic) bond motifs is 1. The van der Waals surface area contributed by atoms with Crippen molar-refractivity contribution in [2.45, 2.75) is 12.5 Å². The summed E-state index contributed by atoms with van der Waals surface area (Å²) in [6.45, 7) is 2.12. The van der Waals surface area contributed by atoms with Crippen LogP contribution in [0.5, 0.6) is 5.75 Å². The Balaban J connectivity index is 1.53. The first kappa shape index (κ1) is 18.6. The van der Waals surface area contributed by atoms with E-state index in [1.165, 1.54) is 11.3 Å². The zero-order valence-corrected chi connectivity index (χ0v) is 16.2. The lowest BCUT2D eigenvalue weighted by molar-refractivity contribution is 0.201. The summed E-state index contributed by atoms with van der Waals surface area (Å²) in [7, 11) is 1.77. The van der Waals surface area contributed by atoms with Gasteiger partial charge in [-0.3, -0.25) is 5.32 Å². The summed E-state index contributed by atoms with van der Waals surface area (Å²) in [4.78, 5) is 17.8. The maximum absolute atomic E-state index is 8.89. The van der Waals surface area contributed by atoms with Crippen molar-refractivity contribution >= 4 is 44.5 Å². The molecule has 0 spiro atoms. The Morgan fingerprint density at radius 2 is 2.07 bits per heavy atom. The summed E-state index contributed by atoms with van der Waals surface area (Å²) in [6, 6.07) is 5.93. The molecule has 0 unspecified atom stereocenters. The Morgan fingerprint density at radius 1 is 1.21 bits per heavy atom. The molecule has 1 atom stereocenters. The van der Waals surface area contributed by atoms with E-state index in [2.05, 4.69) is 41.2 Å². The van der Waals surface area contributed by atoms with Gasteiger partial charge in [0.05, 0.1) is 16.8 Å². The Kier molecular flexibility index (Phi) is 5.65. The van der Waals surface area contributed by atoms with E-state index in [-0.39, 0.29) is 13.2 Å². The van der Waals surface area contributed by atoms with Crippen molar-refractivity contribution in [2.24, 2.45) is 0 Å². The minimum atomic E-state index is -0.0198. The smallest absolute Gasteiger partial charge is 0.235 e. The summed E-state index contributed by atoms with van der Waals surface area (Å²) in [5.74, 6) is 2.12. The maximum atomic E-state index is 8.89. The Hall–Kier alpha value is -2.76. The van der Waals surface area contributed by atoms with Gasteiger partial charge in [-0.1, -0.05) is 11.3 Å². The average Bonchev–Trinajstić information content (AvgIpc) is 3.34. The van der Waals surface area contributed by atoms with Crippen molar-refractivity contribution in [3.05, 3.63) is 18.2 Å². The standard InChI is InChI=1S/C17H22N8O2S/c1-18-14-22-15(20-10-4-5-19-9-10)24-16(23-14)25-17-21-12-3-2-11(27-7-6-26)8-13(12)28-17/h2-3,8,10,19,26H,4-7,9H2,1H3,(H3,18,20,21,22,23,24,25)/t10-/m1/s1. The number of aromatic nitrogens is 4. The van der Waals surface area contributed by atoms with Crippen LogP contribution in [0.2, 0.25) is 0 Å². The monoisotopic (exact) mass is 402 g/mol. The van der Waals surface area contributed by atoms with E-state index in [9.17, 15) is 0 Å². The van der Waals surface area contributed by atoms with E-state index in [4.69, 9.17) is 9.84 Å². The number of anilines is 4. The second-order valence-electron chi connectivity index (χ2n) is 6.24. The van der Waals surface area contributed by atoms with Gasteiger partial charge in [-0.25, -0.2) is 4.98 Å². The summed E-state index contributed by atoms with van der Waals surface area (Å²) in [5.41, 5.74) is 0.849. The van der Waals surface area contributed by atoms with Gasteiger partial charge in [0.25, 0.3) is 0 Å². The molecule has 0 amide bonds. The van der Waals surface area contributed by atoms with Crippen LogP contribution in [-0.4, -0.2) is 64.4 Å². The second-order valence-corrected chi connectivity index (χ2v) is 7.27. The van der Waals surface area contributed by atoms with Gasteiger partial charge in [-0.2, -0.15) is 15.0 Å². The van der Waals surface area contributed by atoms with E-state index >= 15 is 0 Å². The number of nitrogens with zero attached hydrogens (tertiary/aromatic N) is 4. The number of nitrogens with one attached hydrogen (secondary N) is 4. The van der Waals surface area contributed by atoms with Crippen LogP contribution in [0.15, 0.2) is 18.2 Å². The zero-order valence-electron chi connectivity index (χ0n) is 15.4. The molecule has 5 N–H and O–H groups in total. The van der Waals surface area contributed by atoms with Crippen molar-refractivity contribution in [2.75, 3.05) is 49.3 Å². The van der Waals surface area contributed by atoms with Crippen molar-refractivity contribution in [3.63, 3.8) is 0 Å². The summed E-state index contributed by atoms with van der Waals surface area (Å²) in [5, 5.41) is 22.3. The summed E-state index contributed by atoms with van der Waals surface area (Å²) < 4.78 is 6.42. The molecule has 2 aromatic heterocycles. The molecular formula is C17H22N8O2S. The zero-order chi connectivity index (χ0) is 19.3. The Bertz CT molecular complexity index is 944. The molecular weight excluding hydrogens is 380 g/mol. The van der Waals surface area contributed by atoms with Gasteiger partial charge < -0.3 is 25.8 Å². The van der Waals surface area contributed by atoms with Crippen LogP contribution in [-0.2, 0) is 0 Å². The van der Waals surface area contributed by atoms with Crippen molar-refractivity contribution in [3.8, 4) is 5.75 Å². The quantitative estimate of drug-likeness (QED) is 0.377. The molecule has 0 saturated carbocycles. The number of ether oxygens (including phenoxy) is 1. The highest BCUT2D eigenvalue weighted by Gasteiger charge is 2.16. The molecule has 0 radical (unpaired) electrons. The predicted molar refractivity (Wildman–Crippen MR) is 110 cm³/mol. The normalized spacial score (nSPS) is 16.3. The first-order valence-electron chi connectivity index (χ1n) is 9.06. The van der Waals surface area contributed by atoms with Gasteiger partial charge >= 0.3 is 0 Å². The van der Waals surface area contributed by atoms with Crippen LogP contribution in [0, 0.1) is 0 Å². The fourth-order valence-corrected chi connectivity index (χ4v) is 3.76. The number of hydrogen-bond acceptors (Lipinski definition) is 11. The average molecular weight is 402 g/mol. The number of aliphatic hydroxyl groups is 1. The number of aliphatic hydroxyl groups excluding tert-OH is 1. The molecule has 3 aromatic rings. The van der Waals surface area contributed by atoms with Crippen LogP contribution in [0.1, 0.15) is 6.42 Å². The first-order valence-corrected chi connectivity index (χ1v) is 9.87. The molecule has 28 heavy (non-hydrogen) atoms. The molecule has 148 valence electrons. The van der Waals surface area contributed by atoms with Crippen molar-refractivity contribution < 1.29 is 9.84 Å². The van der Waals surface area contributed by atoms with Crippen LogP contribution in [0.25, 0.3) is 10.2 Å². The van der Waals surface area contributed by atoms with Crippen molar-refractivity contribution in [1.29, 1.82) is 0 Å². The highest BCUT2D eigenvalue weighted by molar-refractivity contribution is 7.22. The van der Waals surface area contributed by atoms with Gasteiger partial charge in [-0.05, 0) is 31.2 Å². The highest BCUT2D eigenvalue weighted by atomic mass is 32.1. The van der Waals surface area contributed by atoms with E-state index < -0.39 is 0 Å². The summed E-state index contributed by atoms with van der Waals surface area (Å²) in [6.07, 6.45) is 1.03. The maximum Gasteiger partial charge on any atom is 0.235 e. The molecule has 4 rings (SSSR count). The van der Waals surface area contributed by atoms with Gasteiger partial charge in [0.2, 0.25) is 17.8 Å². The van der Waals surface area contributed by atoms with Crippen molar-refractivity contribution in [1.82, 2.24) is 25.3 Å². The predicted octanol–water partition coefficient (Wildman–Crippen LogP) is 1.41. The molecule has 0 aliphatic carbocycles. The van der Waals surface area contributed by atoms with Crippen LogP contribution in [0.4, 0.5) is 23.0 Å². The molecule has 1 aliphatic heterocycles. The fraction of sp³-hybridized carbons (Fsp3) is 0.412.